The van der Waals surface area contributed by atoms with E-state index in [0.717, 1.165) is 18.2 Å². The number of β-amino-alcohol motifs (C(OH)–C–C–N with tert-alkyl or cyclic N) is 1. The van der Waals surface area contributed by atoms with Crippen LogP contribution in [0.2, 0.25) is 0 Å². The van der Waals surface area contributed by atoms with E-state index in [1.165, 1.54) is 10.5 Å². The molecule has 0 unspecified atom stereocenters. The third-order valence-corrected chi connectivity index (χ3v) is 4.45. The first-order chi connectivity index (χ1) is 12.0. The highest BCUT2D eigenvalue weighted by molar-refractivity contribution is 5.51. The summed E-state index contributed by atoms with van der Waals surface area (Å²) >= 11 is 0. The maximum atomic E-state index is 14.2. The highest BCUT2D eigenvalue weighted by Crippen LogP contribution is 2.36. The molecule has 4 rings (SSSR count). The Morgan fingerprint density at radius 3 is 2.84 bits per heavy atom. The maximum Gasteiger partial charge on any atom is 0.259 e. The molecule has 0 saturated carbocycles. The number of hydrogen-bond acceptors (Lipinski definition) is 4. The Labute approximate surface area is 141 Å². The van der Waals surface area contributed by atoms with Crippen LogP contribution in [0.15, 0.2) is 53.5 Å². The molecule has 0 amide bonds. The van der Waals surface area contributed by atoms with Crippen molar-refractivity contribution in [3.63, 3.8) is 0 Å². The Bertz CT molecular complexity index is 1010. The quantitative estimate of drug-likeness (QED) is 0.776. The fourth-order valence-electron chi connectivity index (χ4n) is 3.32. The number of hydrogen-bond donors (Lipinski definition) is 1. The molecule has 2 aromatic heterocycles. The van der Waals surface area contributed by atoms with E-state index >= 15 is 0 Å². The Balaban J connectivity index is 1.83. The van der Waals surface area contributed by atoms with Gasteiger partial charge in [-0.05, 0) is 36.8 Å². The summed E-state index contributed by atoms with van der Waals surface area (Å²) in [6.45, 7) is 0.191. The van der Waals surface area contributed by atoms with Crippen LogP contribution in [0.25, 0.3) is 5.65 Å². The lowest BCUT2D eigenvalue weighted by atomic mass is 10.0. The van der Waals surface area contributed by atoms with Gasteiger partial charge in [-0.2, -0.15) is 0 Å². The van der Waals surface area contributed by atoms with Gasteiger partial charge >= 0.3 is 0 Å². The molecule has 2 atom stereocenters. The van der Waals surface area contributed by atoms with Gasteiger partial charge in [0.15, 0.2) is 0 Å². The SMILES string of the molecule is O=c1cc(N2C[C@H](O)C[C@H]2c2cc(F)ccc2F)nc2ccccn12. The highest BCUT2D eigenvalue weighted by atomic mass is 19.1. The molecule has 1 aromatic carbocycles. The molecule has 3 heterocycles. The second-order valence-electron chi connectivity index (χ2n) is 6.10. The van der Waals surface area contributed by atoms with Crippen molar-refractivity contribution in [2.24, 2.45) is 0 Å². The molecular weight excluding hydrogens is 328 g/mol. The molecule has 0 bridgehead atoms. The molecule has 0 radical (unpaired) electrons. The van der Waals surface area contributed by atoms with E-state index < -0.39 is 23.8 Å². The fourth-order valence-corrected chi connectivity index (χ4v) is 3.32. The van der Waals surface area contributed by atoms with E-state index in [0.29, 0.717) is 11.5 Å². The van der Waals surface area contributed by atoms with Crippen molar-refractivity contribution in [1.82, 2.24) is 9.38 Å². The molecule has 1 N–H and O–H groups in total. The summed E-state index contributed by atoms with van der Waals surface area (Å²) in [7, 11) is 0. The third kappa shape index (κ3) is 2.76. The molecule has 7 heteroatoms. The first kappa shape index (κ1) is 15.7. The molecule has 0 aliphatic carbocycles. The van der Waals surface area contributed by atoms with Crippen LogP contribution >= 0.6 is 0 Å². The Kier molecular flexibility index (Phi) is 3.73. The molecule has 0 spiro atoms. The lowest BCUT2D eigenvalue weighted by molar-refractivity contribution is 0.194. The first-order valence-corrected chi connectivity index (χ1v) is 7.91. The number of rotatable bonds is 2. The van der Waals surface area contributed by atoms with Crippen molar-refractivity contribution in [2.45, 2.75) is 18.6 Å². The van der Waals surface area contributed by atoms with E-state index in [1.54, 1.807) is 29.3 Å². The monoisotopic (exact) mass is 343 g/mol. The number of pyridine rings is 1. The smallest absolute Gasteiger partial charge is 0.259 e. The first-order valence-electron chi connectivity index (χ1n) is 7.91. The summed E-state index contributed by atoms with van der Waals surface area (Å²) in [6.07, 6.45) is 1.12. The van der Waals surface area contributed by atoms with Crippen LogP contribution in [0, 0.1) is 11.6 Å². The van der Waals surface area contributed by atoms with Crippen molar-refractivity contribution in [3.05, 3.63) is 76.2 Å². The number of benzene rings is 1. The zero-order valence-corrected chi connectivity index (χ0v) is 13.1. The lowest BCUT2D eigenvalue weighted by Crippen LogP contribution is -2.28. The summed E-state index contributed by atoms with van der Waals surface area (Å²) < 4.78 is 29.2. The molecule has 1 saturated heterocycles. The number of aromatic nitrogens is 2. The Morgan fingerprint density at radius 1 is 1.16 bits per heavy atom. The van der Waals surface area contributed by atoms with Gasteiger partial charge in [0.2, 0.25) is 0 Å². The van der Waals surface area contributed by atoms with Gasteiger partial charge in [0, 0.05) is 24.4 Å². The highest BCUT2D eigenvalue weighted by Gasteiger charge is 2.35. The van der Waals surface area contributed by atoms with Crippen LogP contribution in [0.1, 0.15) is 18.0 Å². The van der Waals surface area contributed by atoms with Crippen molar-refractivity contribution in [2.75, 3.05) is 11.4 Å². The topological polar surface area (TPSA) is 57.8 Å². The molecule has 25 heavy (non-hydrogen) atoms. The molecule has 5 nitrogen and oxygen atoms in total. The van der Waals surface area contributed by atoms with Gasteiger partial charge in [0.05, 0.1) is 12.1 Å². The van der Waals surface area contributed by atoms with Crippen molar-refractivity contribution < 1.29 is 13.9 Å². The van der Waals surface area contributed by atoms with Crippen LogP contribution < -0.4 is 10.5 Å². The summed E-state index contributed by atoms with van der Waals surface area (Å²) in [5.41, 5.74) is 0.317. The predicted molar refractivity (Wildman–Crippen MR) is 88.5 cm³/mol. The average Bonchev–Trinajstić information content (AvgIpc) is 2.99. The predicted octanol–water partition coefficient (Wildman–Crippen LogP) is 2.29. The van der Waals surface area contributed by atoms with Gasteiger partial charge in [-0.25, -0.2) is 13.8 Å². The summed E-state index contributed by atoms with van der Waals surface area (Å²) in [6, 6.07) is 9.16. The number of fused-ring (bicyclic) bond motifs is 1. The van der Waals surface area contributed by atoms with Crippen LogP contribution in [0.5, 0.6) is 0 Å². The average molecular weight is 343 g/mol. The third-order valence-electron chi connectivity index (χ3n) is 4.45. The van der Waals surface area contributed by atoms with Gasteiger partial charge in [-0.3, -0.25) is 9.20 Å². The van der Waals surface area contributed by atoms with Crippen LogP contribution in [0.4, 0.5) is 14.6 Å². The van der Waals surface area contributed by atoms with Crippen molar-refractivity contribution in [1.29, 1.82) is 0 Å². The summed E-state index contributed by atoms with van der Waals surface area (Å²) in [5.74, 6) is -0.770. The van der Waals surface area contributed by atoms with E-state index in [9.17, 15) is 18.7 Å². The van der Waals surface area contributed by atoms with E-state index in [2.05, 4.69) is 4.98 Å². The zero-order valence-electron chi connectivity index (χ0n) is 13.1. The van der Waals surface area contributed by atoms with Crippen molar-refractivity contribution in [3.8, 4) is 0 Å². The fraction of sp³-hybridized carbons (Fsp3) is 0.222. The Hall–Kier alpha value is -2.80. The summed E-state index contributed by atoms with van der Waals surface area (Å²) in [5, 5.41) is 10.1. The van der Waals surface area contributed by atoms with Gasteiger partial charge in [-0.15, -0.1) is 0 Å². The molecular formula is C18H15F2N3O2. The van der Waals surface area contributed by atoms with Crippen LogP contribution in [0.3, 0.4) is 0 Å². The van der Waals surface area contributed by atoms with Gasteiger partial charge in [-0.1, -0.05) is 6.07 Å². The zero-order chi connectivity index (χ0) is 17.6. The second kappa shape index (κ2) is 5.93. The van der Waals surface area contributed by atoms with Gasteiger partial charge in [0.25, 0.3) is 5.56 Å². The minimum absolute atomic E-state index is 0.145. The van der Waals surface area contributed by atoms with Gasteiger partial charge in [0.1, 0.15) is 23.1 Å². The maximum absolute atomic E-state index is 14.2. The van der Waals surface area contributed by atoms with E-state index in [4.69, 9.17) is 0 Å². The lowest BCUT2D eigenvalue weighted by Gasteiger charge is -2.26. The second-order valence-corrected chi connectivity index (χ2v) is 6.10. The number of anilines is 1. The molecule has 1 fully saturated rings. The van der Waals surface area contributed by atoms with Crippen molar-refractivity contribution >= 4 is 11.5 Å². The minimum atomic E-state index is -0.719. The molecule has 128 valence electrons. The number of aliphatic hydroxyl groups is 1. The number of halogens is 2. The van der Waals surface area contributed by atoms with E-state index in [1.807, 2.05) is 0 Å². The number of aliphatic hydroxyl groups excluding tert-OH is 1. The van der Waals surface area contributed by atoms with Crippen LogP contribution in [-0.4, -0.2) is 27.1 Å². The molecule has 1 aliphatic heterocycles. The molecule has 1 aliphatic rings. The molecule has 3 aromatic rings. The Morgan fingerprint density at radius 2 is 2.00 bits per heavy atom. The summed E-state index contributed by atoms with van der Waals surface area (Å²) in [4.78, 5) is 18.4. The number of nitrogens with zero attached hydrogens (tertiary/aromatic N) is 3. The van der Waals surface area contributed by atoms with E-state index in [-0.39, 0.29) is 24.1 Å². The standard InChI is InChI=1S/C18H15F2N3O2/c19-11-4-5-14(20)13(7-11)15-8-12(24)10-23(15)17-9-18(25)22-6-2-1-3-16(22)21-17/h1-7,9,12,15,24H,8,10H2/t12-,15+/m1/s1. The minimum Gasteiger partial charge on any atom is -0.391 e. The van der Waals surface area contributed by atoms with Gasteiger partial charge < -0.3 is 10.0 Å². The largest absolute Gasteiger partial charge is 0.391 e. The normalized spacial score (nSPS) is 20.4. The van der Waals surface area contributed by atoms with Crippen LogP contribution in [-0.2, 0) is 0 Å².